The van der Waals surface area contributed by atoms with Gasteiger partial charge in [0.2, 0.25) is 0 Å². The first-order valence-electron chi connectivity index (χ1n) is 7.10. The zero-order chi connectivity index (χ0) is 16.7. The van der Waals surface area contributed by atoms with E-state index in [1.165, 1.54) is 36.8 Å². The minimum absolute atomic E-state index is 0.231. The molecule has 0 atom stereocenters. The van der Waals surface area contributed by atoms with E-state index in [1.807, 2.05) is 0 Å². The lowest BCUT2D eigenvalue weighted by molar-refractivity contribution is 0.627. The number of nitrogens with one attached hydrogen (secondary N) is 1. The van der Waals surface area contributed by atoms with Crippen molar-refractivity contribution in [1.29, 1.82) is 0 Å². The number of H-pyrrole nitrogens is 1. The van der Waals surface area contributed by atoms with Crippen LogP contribution < -0.4 is 5.56 Å². The number of benzene rings is 2. The van der Waals surface area contributed by atoms with Gasteiger partial charge in [-0.3, -0.25) is 4.79 Å². The molecule has 4 aromatic rings. The van der Waals surface area contributed by atoms with Crippen molar-refractivity contribution >= 4 is 28.2 Å². The molecule has 0 aliphatic carbocycles. The number of hydrogen-bond donors (Lipinski definition) is 1. The third-order valence-electron chi connectivity index (χ3n) is 3.63. The summed E-state index contributed by atoms with van der Waals surface area (Å²) in [5.41, 5.74) is 1.31. The normalized spacial score (nSPS) is 11.8. The summed E-state index contributed by atoms with van der Waals surface area (Å²) in [7, 11) is 0. The van der Waals surface area contributed by atoms with Gasteiger partial charge >= 0.3 is 0 Å². The lowest BCUT2D eigenvalue weighted by Gasteiger charge is -1.98. The molecule has 4 rings (SSSR count). The maximum absolute atomic E-state index is 13.4. The average molecular weight is 324 g/mol. The number of fused-ring (bicyclic) bond motifs is 3. The van der Waals surface area contributed by atoms with Gasteiger partial charge in [-0.25, -0.2) is 13.8 Å². The molecule has 0 saturated heterocycles. The number of halogens is 2. The van der Waals surface area contributed by atoms with Crippen molar-refractivity contribution in [2.75, 3.05) is 0 Å². The molecule has 0 unspecified atom stereocenters. The first-order chi connectivity index (χ1) is 11.6. The average Bonchev–Trinajstić information content (AvgIpc) is 2.93. The fourth-order valence-corrected chi connectivity index (χ4v) is 2.52. The Morgan fingerprint density at radius 3 is 2.79 bits per heavy atom. The van der Waals surface area contributed by atoms with Gasteiger partial charge in [0.15, 0.2) is 0 Å². The topological polar surface area (TPSA) is 63.0 Å². The Hall–Kier alpha value is -3.35. The van der Waals surface area contributed by atoms with Crippen molar-refractivity contribution in [3.05, 3.63) is 76.3 Å². The van der Waals surface area contributed by atoms with Gasteiger partial charge in [-0.1, -0.05) is 12.1 Å². The predicted octanol–water partition coefficient (Wildman–Crippen LogP) is 3.04. The highest BCUT2D eigenvalue weighted by Crippen LogP contribution is 2.21. The summed E-state index contributed by atoms with van der Waals surface area (Å²) < 4.78 is 27.6. The molecular formula is C17H10F2N4O. The van der Waals surface area contributed by atoms with E-state index in [1.54, 1.807) is 18.2 Å². The lowest BCUT2D eigenvalue weighted by Crippen LogP contribution is -2.17. The van der Waals surface area contributed by atoms with Gasteiger partial charge in [0, 0.05) is 10.9 Å². The molecule has 0 fully saturated rings. The molecule has 0 aliphatic heterocycles. The maximum Gasteiger partial charge on any atom is 0.298 e. The van der Waals surface area contributed by atoms with Crippen molar-refractivity contribution in [3.8, 4) is 0 Å². The molecule has 0 aliphatic rings. The molecule has 0 amide bonds. The molecule has 7 heteroatoms. The Morgan fingerprint density at radius 1 is 1.12 bits per heavy atom. The van der Waals surface area contributed by atoms with E-state index >= 15 is 0 Å². The van der Waals surface area contributed by atoms with E-state index in [2.05, 4.69) is 15.1 Å². The van der Waals surface area contributed by atoms with Gasteiger partial charge in [-0.15, -0.1) is 0 Å². The van der Waals surface area contributed by atoms with Crippen LogP contribution in [0.15, 0.2) is 58.7 Å². The van der Waals surface area contributed by atoms with Gasteiger partial charge in [-0.05, 0) is 35.9 Å². The standard InChI is InChI=1S/C17H10F2N4O/c18-11-3-1-2-10(6-11)8-21-23-9-20-15-13-7-12(19)4-5-14(13)22-16(15)17(23)24/h1-9,22H/b21-8+. The Labute approximate surface area is 133 Å². The zero-order valence-electron chi connectivity index (χ0n) is 12.2. The largest absolute Gasteiger partial charge is 0.349 e. The minimum Gasteiger partial charge on any atom is -0.349 e. The molecule has 2 heterocycles. The van der Waals surface area contributed by atoms with Gasteiger partial charge in [0.1, 0.15) is 29.0 Å². The number of hydrogen-bond acceptors (Lipinski definition) is 3. The number of rotatable bonds is 2. The van der Waals surface area contributed by atoms with Gasteiger partial charge in [-0.2, -0.15) is 9.78 Å². The van der Waals surface area contributed by atoms with Crippen LogP contribution in [-0.4, -0.2) is 20.9 Å². The second-order valence-corrected chi connectivity index (χ2v) is 5.23. The highest BCUT2D eigenvalue weighted by molar-refractivity contribution is 6.04. The SMILES string of the molecule is O=c1c2[nH]c3ccc(F)cc3c2ncn1/N=C/c1cccc(F)c1. The van der Waals surface area contributed by atoms with Gasteiger partial charge < -0.3 is 4.98 Å². The summed E-state index contributed by atoms with van der Waals surface area (Å²) in [4.78, 5) is 19.6. The third-order valence-corrected chi connectivity index (χ3v) is 3.63. The summed E-state index contributed by atoms with van der Waals surface area (Å²) in [5.74, 6) is -0.795. The van der Waals surface area contributed by atoms with Crippen molar-refractivity contribution < 1.29 is 8.78 Å². The summed E-state index contributed by atoms with van der Waals surface area (Å²) in [6, 6.07) is 10.0. The monoisotopic (exact) mass is 324 g/mol. The van der Waals surface area contributed by atoms with E-state index in [-0.39, 0.29) is 5.52 Å². The molecule has 24 heavy (non-hydrogen) atoms. The number of nitrogens with zero attached hydrogens (tertiary/aromatic N) is 3. The van der Waals surface area contributed by atoms with Crippen LogP contribution >= 0.6 is 0 Å². The molecule has 118 valence electrons. The van der Waals surface area contributed by atoms with Crippen LogP contribution in [0.2, 0.25) is 0 Å². The molecule has 0 saturated carbocycles. The van der Waals surface area contributed by atoms with E-state index in [9.17, 15) is 13.6 Å². The number of aromatic amines is 1. The van der Waals surface area contributed by atoms with Crippen LogP contribution in [0.25, 0.3) is 21.9 Å². The van der Waals surface area contributed by atoms with E-state index in [4.69, 9.17) is 0 Å². The maximum atomic E-state index is 13.4. The van der Waals surface area contributed by atoms with E-state index in [0.717, 1.165) is 4.68 Å². The van der Waals surface area contributed by atoms with Crippen LogP contribution in [0.1, 0.15) is 5.56 Å². The zero-order valence-corrected chi connectivity index (χ0v) is 12.2. The highest BCUT2D eigenvalue weighted by Gasteiger charge is 2.11. The summed E-state index contributed by atoms with van der Waals surface area (Å²) in [6.07, 6.45) is 2.61. The fraction of sp³-hybridized carbons (Fsp3) is 0. The Kier molecular flexibility index (Phi) is 3.19. The van der Waals surface area contributed by atoms with Crippen LogP contribution in [0.3, 0.4) is 0 Å². The summed E-state index contributed by atoms with van der Waals surface area (Å²) in [6.45, 7) is 0. The van der Waals surface area contributed by atoms with E-state index in [0.29, 0.717) is 22.0 Å². The molecule has 5 nitrogen and oxygen atoms in total. The van der Waals surface area contributed by atoms with Crippen LogP contribution in [-0.2, 0) is 0 Å². The minimum atomic E-state index is -0.427. The van der Waals surface area contributed by atoms with Crippen molar-refractivity contribution in [3.63, 3.8) is 0 Å². The van der Waals surface area contributed by atoms with E-state index < -0.39 is 17.2 Å². The van der Waals surface area contributed by atoms with Crippen LogP contribution in [0, 0.1) is 11.6 Å². The first kappa shape index (κ1) is 14.3. The van der Waals surface area contributed by atoms with Crippen LogP contribution in [0.4, 0.5) is 8.78 Å². The van der Waals surface area contributed by atoms with Gasteiger partial charge in [0.25, 0.3) is 5.56 Å². The first-order valence-corrected chi connectivity index (χ1v) is 7.10. The quantitative estimate of drug-likeness (QED) is 0.576. The third kappa shape index (κ3) is 2.36. The molecule has 0 spiro atoms. The molecule has 1 N–H and O–H groups in total. The molecule has 0 bridgehead atoms. The Balaban J connectivity index is 1.84. The molecular weight excluding hydrogens is 314 g/mol. The summed E-state index contributed by atoms with van der Waals surface area (Å²) in [5, 5.41) is 4.54. The highest BCUT2D eigenvalue weighted by atomic mass is 19.1. The van der Waals surface area contributed by atoms with Crippen molar-refractivity contribution in [1.82, 2.24) is 14.6 Å². The van der Waals surface area contributed by atoms with Crippen molar-refractivity contribution in [2.45, 2.75) is 0 Å². The fourth-order valence-electron chi connectivity index (χ4n) is 2.52. The van der Waals surface area contributed by atoms with Crippen molar-refractivity contribution in [2.24, 2.45) is 5.10 Å². The predicted molar refractivity (Wildman–Crippen MR) is 87.2 cm³/mol. The van der Waals surface area contributed by atoms with Gasteiger partial charge in [0.05, 0.1) is 6.21 Å². The Bertz CT molecular complexity index is 1160. The van der Waals surface area contributed by atoms with Crippen LogP contribution in [0.5, 0.6) is 0 Å². The molecule has 0 radical (unpaired) electrons. The second kappa shape index (κ2) is 5.38. The smallest absolute Gasteiger partial charge is 0.298 e. The second-order valence-electron chi connectivity index (χ2n) is 5.23. The lowest BCUT2D eigenvalue weighted by atomic mass is 10.2. The molecule has 2 aromatic carbocycles. The summed E-state index contributed by atoms with van der Waals surface area (Å²) >= 11 is 0. The molecule has 2 aromatic heterocycles. The Morgan fingerprint density at radius 2 is 1.96 bits per heavy atom. The number of aromatic nitrogens is 3.